The zero-order chi connectivity index (χ0) is 9.68. The lowest BCUT2D eigenvalue weighted by atomic mass is 10.1. The zero-order valence-corrected chi connectivity index (χ0v) is 7.08. The molecular formula is C9H9F2NO. The lowest BCUT2D eigenvalue weighted by Gasteiger charge is -2.02. The van der Waals surface area contributed by atoms with Crippen LogP contribution in [0, 0.1) is 0 Å². The van der Waals surface area contributed by atoms with Gasteiger partial charge in [0, 0.05) is 11.1 Å². The van der Waals surface area contributed by atoms with Crippen LogP contribution >= 0.6 is 0 Å². The maximum atomic E-state index is 12.4. The highest BCUT2D eigenvalue weighted by molar-refractivity contribution is 5.81. The molecule has 0 saturated heterocycles. The Bertz CT molecular complexity index is 299. The first kappa shape index (κ1) is 9.64. The number of nitrogens with zero attached hydrogens (tertiary/aromatic N) is 1. The molecule has 0 fully saturated rings. The number of rotatable bonds is 3. The van der Waals surface area contributed by atoms with E-state index in [1.807, 2.05) is 0 Å². The van der Waals surface area contributed by atoms with Crippen LogP contribution in [0.4, 0.5) is 8.78 Å². The Morgan fingerprint density at radius 2 is 2.08 bits per heavy atom. The minimum absolute atomic E-state index is 0.0386. The highest BCUT2D eigenvalue weighted by Gasteiger charge is 2.09. The molecule has 0 aromatic heterocycles. The number of benzene rings is 1. The van der Waals surface area contributed by atoms with Crippen LogP contribution in [0.15, 0.2) is 29.4 Å². The van der Waals surface area contributed by atoms with E-state index in [1.54, 1.807) is 18.2 Å². The molecule has 0 amide bonds. The molecule has 0 saturated carbocycles. The minimum atomic E-state index is -2.49. The Morgan fingerprint density at radius 1 is 1.38 bits per heavy atom. The van der Waals surface area contributed by atoms with Crippen molar-refractivity contribution in [2.45, 2.75) is 6.43 Å². The van der Waals surface area contributed by atoms with Crippen LogP contribution in [-0.2, 0) is 4.84 Å². The summed E-state index contributed by atoms with van der Waals surface area (Å²) in [5.74, 6) is 0. The Balaban J connectivity index is 2.97. The van der Waals surface area contributed by atoms with Gasteiger partial charge in [0.1, 0.15) is 7.11 Å². The average Bonchev–Trinajstić information content (AvgIpc) is 2.15. The topological polar surface area (TPSA) is 21.6 Å². The predicted octanol–water partition coefficient (Wildman–Crippen LogP) is 2.60. The van der Waals surface area contributed by atoms with Gasteiger partial charge in [0.05, 0.1) is 6.21 Å². The van der Waals surface area contributed by atoms with E-state index in [1.165, 1.54) is 19.4 Å². The van der Waals surface area contributed by atoms with Gasteiger partial charge in [-0.3, -0.25) is 0 Å². The largest absolute Gasteiger partial charge is 0.399 e. The fraction of sp³-hybridized carbons (Fsp3) is 0.222. The summed E-state index contributed by atoms with van der Waals surface area (Å²) in [5.41, 5.74) is 0.336. The van der Waals surface area contributed by atoms with Gasteiger partial charge in [-0.25, -0.2) is 8.78 Å². The molecule has 1 aromatic carbocycles. The van der Waals surface area contributed by atoms with E-state index in [9.17, 15) is 8.78 Å². The van der Waals surface area contributed by atoms with Gasteiger partial charge >= 0.3 is 0 Å². The van der Waals surface area contributed by atoms with Crippen LogP contribution in [0.2, 0.25) is 0 Å². The summed E-state index contributed by atoms with van der Waals surface area (Å²) in [6, 6.07) is 6.15. The van der Waals surface area contributed by atoms with Crippen molar-refractivity contribution in [1.29, 1.82) is 0 Å². The van der Waals surface area contributed by atoms with Gasteiger partial charge < -0.3 is 4.84 Å². The summed E-state index contributed by atoms with van der Waals surface area (Å²) in [7, 11) is 1.36. The molecule has 70 valence electrons. The third-order valence-corrected chi connectivity index (χ3v) is 1.53. The number of hydrogen-bond donors (Lipinski definition) is 0. The van der Waals surface area contributed by atoms with E-state index >= 15 is 0 Å². The SMILES string of the molecule is CON=Cc1ccccc1C(F)F. The third kappa shape index (κ3) is 2.50. The molecule has 0 aliphatic rings. The van der Waals surface area contributed by atoms with Gasteiger partial charge in [-0.2, -0.15) is 0 Å². The molecule has 13 heavy (non-hydrogen) atoms. The highest BCUT2D eigenvalue weighted by Crippen LogP contribution is 2.21. The summed E-state index contributed by atoms with van der Waals surface area (Å²) < 4.78 is 24.7. The molecule has 0 spiro atoms. The Kier molecular flexibility index (Phi) is 3.37. The monoisotopic (exact) mass is 185 g/mol. The summed E-state index contributed by atoms with van der Waals surface area (Å²) >= 11 is 0. The Labute approximate surface area is 74.8 Å². The molecule has 0 unspecified atom stereocenters. The molecule has 0 bridgehead atoms. The molecule has 0 heterocycles. The summed E-state index contributed by atoms with van der Waals surface area (Å²) in [5, 5.41) is 3.43. The minimum Gasteiger partial charge on any atom is -0.399 e. The van der Waals surface area contributed by atoms with E-state index in [-0.39, 0.29) is 5.56 Å². The number of halogens is 2. The Hall–Kier alpha value is -1.45. The van der Waals surface area contributed by atoms with Gasteiger partial charge in [0.15, 0.2) is 0 Å². The van der Waals surface area contributed by atoms with E-state index in [0.29, 0.717) is 5.56 Å². The van der Waals surface area contributed by atoms with Crippen LogP contribution in [0.1, 0.15) is 17.6 Å². The lowest BCUT2D eigenvalue weighted by molar-refractivity contribution is 0.151. The second-order valence-corrected chi connectivity index (χ2v) is 2.35. The number of alkyl halides is 2. The van der Waals surface area contributed by atoms with Gasteiger partial charge in [-0.05, 0) is 0 Å². The molecule has 0 radical (unpaired) electrons. The predicted molar refractivity (Wildman–Crippen MR) is 46.0 cm³/mol. The molecule has 1 aromatic rings. The van der Waals surface area contributed by atoms with Crippen LogP contribution < -0.4 is 0 Å². The normalized spacial score (nSPS) is 11.1. The zero-order valence-electron chi connectivity index (χ0n) is 7.08. The Morgan fingerprint density at radius 3 is 2.69 bits per heavy atom. The van der Waals surface area contributed by atoms with Crippen molar-refractivity contribution < 1.29 is 13.6 Å². The second-order valence-electron chi connectivity index (χ2n) is 2.35. The summed E-state index contributed by atoms with van der Waals surface area (Å²) in [6.07, 6.45) is -1.22. The van der Waals surface area contributed by atoms with Crippen LogP contribution in [-0.4, -0.2) is 13.3 Å². The van der Waals surface area contributed by atoms with Gasteiger partial charge in [0.25, 0.3) is 6.43 Å². The van der Waals surface area contributed by atoms with Crippen molar-refractivity contribution in [1.82, 2.24) is 0 Å². The molecule has 0 N–H and O–H groups in total. The number of oxime groups is 1. The second kappa shape index (κ2) is 4.54. The van der Waals surface area contributed by atoms with Crippen molar-refractivity contribution in [2.75, 3.05) is 7.11 Å². The number of hydrogen-bond acceptors (Lipinski definition) is 2. The molecule has 1 rings (SSSR count). The maximum absolute atomic E-state index is 12.4. The third-order valence-electron chi connectivity index (χ3n) is 1.53. The molecule has 0 aliphatic heterocycles. The van der Waals surface area contributed by atoms with E-state index in [2.05, 4.69) is 9.99 Å². The fourth-order valence-electron chi connectivity index (χ4n) is 0.937. The molecule has 0 aliphatic carbocycles. The smallest absolute Gasteiger partial charge is 0.264 e. The highest BCUT2D eigenvalue weighted by atomic mass is 19.3. The van der Waals surface area contributed by atoms with Crippen LogP contribution in [0.25, 0.3) is 0 Å². The van der Waals surface area contributed by atoms with E-state index in [4.69, 9.17) is 0 Å². The summed E-state index contributed by atoms with van der Waals surface area (Å²) in [4.78, 5) is 4.41. The first-order valence-electron chi connectivity index (χ1n) is 3.69. The average molecular weight is 185 g/mol. The molecular weight excluding hydrogens is 176 g/mol. The van der Waals surface area contributed by atoms with Crippen molar-refractivity contribution in [3.8, 4) is 0 Å². The molecule has 0 atom stereocenters. The first-order valence-corrected chi connectivity index (χ1v) is 3.69. The van der Waals surface area contributed by atoms with Crippen LogP contribution in [0.3, 0.4) is 0 Å². The van der Waals surface area contributed by atoms with Crippen molar-refractivity contribution in [3.63, 3.8) is 0 Å². The van der Waals surface area contributed by atoms with Crippen molar-refractivity contribution in [2.24, 2.45) is 5.16 Å². The van der Waals surface area contributed by atoms with E-state index < -0.39 is 6.43 Å². The maximum Gasteiger partial charge on any atom is 0.264 e. The summed E-state index contributed by atoms with van der Waals surface area (Å²) in [6.45, 7) is 0. The lowest BCUT2D eigenvalue weighted by Crippen LogP contribution is -1.92. The standard InChI is InChI=1S/C9H9F2NO/c1-13-12-6-7-4-2-3-5-8(7)9(10)11/h2-6,9H,1H3. The fourth-order valence-corrected chi connectivity index (χ4v) is 0.937. The van der Waals surface area contributed by atoms with Gasteiger partial charge in [-0.1, -0.05) is 29.4 Å². The van der Waals surface area contributed by atoms with E-state index in [0.717, 1.165) is 0 Å². The van der Waals surface area contributed by atoms with Crippen molar-refractivity contribution >= 4 is 6.21 Å². The van der Waals surface area contributed by atoms with Gasteiger partial charge in [-0.15, -0.1) is 0 Å². The van der Waals surface area contributed by atoms with Gasteiger partial charge in [0.2, 0.25) is 0 Å². The molecule has 4 heteroatoms. The van der Waals surface area contributed by atoms with Crippen LogP contribution in [0.5, 0.6) is 0 Å². The molecule has 2 nitrogen and oxygen atoms in total. The first-order chi connectivity index (χ1) is 6.25. The van der Waals surface area contributed by atoms with Crippen molar-refractivity contribution in [3.05, 3.63) is 35.4 Å². The quantitative estimate of drug-likeness (QED) is 0.524.